The van der Waals surface area contributed by atoms with Crippen LogP contribution < -0.4 is 15.3 Å². The molecule has 3 aliphatic rings. The van der Waals surface area contributed by atoms with E-state index in [0.29, 0.717) is 29.9 Å². The van der Waals surface area contributed by atoms with Crippen LogP contribution in [-0.2, 0) is 15.0 Å². The maximum absolute atomic E-state index is 13.8. The minimum Gasteiger partial charge on any atom is -0.460 e. The fraction of sp³-hybridized carbons (Fsp3) is 0.304. The zero-order valence-corrected chi connectivity index (χ0v) is 16.8. The third kappa shape index (κ3) is 2.04. The van der Waals surface area contributed by atoms with E-state index in [1.165, 1.54) is 18.7 Å². The van der Waals surface area contributed by atoms with E-state index in [1.54, 1.807) is 31.3 Å². The fourth-order valence-corrected chi connectivity index (χ4v) is 5.08. The molecule has 7 heteroatoms. The number of allylic oxidation sites excluding steroid dienone is 1. The number of aryl methyl sites for hydroxylation is 1. The fourth-order valence-electron chi connectivity index (χ4n) is 5.08. The number of amides is 1. The first kappa shape index (κ1) is 18.5. The van der Waals surface area contributed by atoms with E-state index < -0.39 is 16.9 Å². The molecular weight excluding hydrogens is 386 g/mol. The predicted octanol–water partition coefficient (Wildman–Crippen LogP) is 2.81. The van der Waals surface area contributed by atoms with Gasteiger partial charge in [0.1, 0.15) is 22.5 Å². The Hall–Kier alpha value is -3.48. The molecule has 152 valence electrons. The summed E-state index contributed by atoms with van der Waals surface area (Å²) in [5, 5.41) is 0. The summed E-state index contributed by atoms with van der Waals surface area (Å²) >= 11 is 0. The van der Waals surface area contributed by atoms with Gasteiger partial charge in [-0.3, -0.25) is 14.4 Å². The van der Waals surface area contributed by atoms with Gasteiger partial charge in [0.2, 0.25) is 5.91 Å². The predicted molar refractivity (Wildman–Crippen MR) is 107 cm³/mol. The zero-order chi connectivity index (χ0) is 21.4. The molecule has 3 heterocycles. The molecule has 2 aromatic rings. The summed E-state index contributed by atoms with van der Waals surface area (Å²) in [6.07, 6.45) is 1.28. The lowest BCUT2D eigenvalue weighted by Crippen LogP contribution is -2.50. The van der Waals surface area contributed by atoms with E-state index in [9.17, 15) is 19.2 Å². The normalized spacial score (nSPS) is 22.0. The van der Waals surface area contributed by atoms with Crippen LogP contribution in [-0.4, -0.2) is 24.5 Å². The number of likely N-dealkylation sites (N-methyl/N-ethyl adjacent to an activating group) is 1. The van der Waals surface area contributed by atoms with Crippen LogP contribution in [0.5, 0.6) is 5.75 Å². The number of anilines is 1. The maximum atomic E-state index is 13.8. The van der Waals surface area contributed by atoms with Gasteiger partial charge in [0.25, 0.3) is 0 Å². The van der Waals surface area contributed by atoms with Crippen molar-refractivity contribution in [2.45, 2.75) is 38.5 Å². The number of carbonyl (C=O) groups excluding carboxylic acids is 3. The van der Waals surface area contributed by atoms with Crippen LogP contribution in [0, 0.1) is 6.92 Å². The van der Waals surface area contributed by atoms with Gasteiger partial charge >= 0.3 is 5.63 Å². The van der Waals surface area contributed by atoms with E-state index in [4.69, 9.17) is 9.15 Å². The molecule has 30 heavy (non-hydrogen) atoms. The molecule has 1 amide bonds. The molecular formula is C23H19NO6. The van der Waals surface area contributed by atoms with Crippen molar-refractivity contribution >= 4 is 23.2 Å². The molecule has 1 aromatic heterocycles. The van der Waals surface area contributed by atoms with Crippen LogP contribution in [0.2, 0.25) is 0 Å². The first-order chi connectivity index (χ1) is 14.3. The van der Waals surface area contributed by atoms with Crippen molar-refractivity contribution in [2.75, 3.05) is 11.9 Å². The molecule has 0 bridgehead atoms. The Balaban J connectivity index is 2.02. The molecule has 0 unspecified atom stereocenters. The number of benzene rings is 1. The molecule has 0 saturated carbocycles. The monoisotopic (exact) mass is 405 g/mol. The zero-order valence-electron chi connectivity index (χ0n) is 16.8. The second-order valence-corrected chi connectivity index (χ2v) is 7.89. The highest BCUT2D eigenvalue weighted by Gasteiger charge is 2.62. The number of Topliss-reactive ketones (excluding diaryl/α,β-unsaturated/α-hetero) is 2. The molecule has 1 aliphatic carbocycles. The van der Waals surface area contributed by atoms with Gasteiger partial charge in [0.05, 0.1) is 11.1 Å². The van der Waals surface area contributed by atoms with Crippen LogP contribution in [0.15, 0.2) is 44.8 Å². The molecule has 0 radical (unpaired) electrons. The van der Waals surface area contributed by atoms with Crippen molar-refractivity contribution in [1.29, 1.82) is 0 Å². The topological polar surface area (TPSA) is 93.9 Å². The second kappa shape index (κ2) is 6.01. The molecule has 1 aromatic carbocycles. The number of nitrogens with zero attached hydrogens (tertiary/aromatic N) is 1. The SMILES string of the molecule is CC(=O)c1c(C)oc(=O)c2c1OC1=C(C(=O)CCC1)[C@@]21C(=O)N(C)c2ccccc21. The van der Waals surface area contributed by atoms with Crippen molar-refractivity contribution in [3.8, 4) is 5.75 Å². The average molecular weight is 405 g/mol. The Kier molecular flexibility index (Phi) is 3.72. The number of hydrogen-bond acceptors (Lipinski definition) is 6. The molecule has 0 saturated heterocycles. The Bertz CT molecular complexity index is 1270. The highest BCUT2D eigenvalue weighted by Crippen LogP contribution is 2.56. The molecule has 0 fully saturated rings. The van der Waals surface area contributed by atoms with E-state index in [-0.39, 0.29) is 46.2 Å². The number of hydrogen-bond donors (Lipinski definition) is 0. The third-order valence-corrected chi connectivity index (χ3v) is 6.24. The summed E-state index contributed by atoms with van der Waals surface area (Å²) < 4.78 is 11.5. The van der Waals surface area contributed by atoms with Gasteiger partial charge in [-0.05, 0) is 26.3 Å². The molecule has 0 N–H and O–H groups in total. The largest absolute Gasteiger partial charge is 0.460 e. The number of ether oxygens (including phenoxy) is 1. The summed E-state index contributed by atoms with van der Waals surface area (Å²) in [5.74, 6) is -0.500. The van der Waals surface area contributed by atoms with E-state index in [2.05, 4.69) is 0 Å². The van der Waals surface area contributed by atoms with Crippen molar-refractivity contribution in [1.82, 2.24) is 0 Å². The van der Waals surface area contributed by atoms with Gasteiger partial charge in [0.15, 0.2) is 17.3 Å². The number of fused-ring (bicyclic) bond motifs is 5. The van der Waals surface area contributed by atoms with Crippen LogP contribution in [0.3, 0.4) is 0 Å². The van der Waals surface area contributed by atoms with Crippen LogP contribution in [0.25, 0.3) is 0 Å². The minimum absolute atomic E-state index is 0.0307. The Morgan fingerprint density at radius 3 is 2.60 bits per heavy atom. The first-order valence-corrected chi connectivity index (χ1v) is 9.81. The first-order valence-electron chi connectivity index (χ1n) is 9.81. The van der Waals surface area contributed by atoms with E-state index in [0.717, 1.165) is 0 Å². The van der Waals surface area contributed by atoms with E-state index >= 15 is 0 Å². The summed E-state index contributed by atoms with van der Waals surface area (Å²) in [6.45, 7) is 2.87. The number of para-hydroxylation sites is 1. The Labute approximate surface area is 171 Å². The smallest absolute Gasteiger partial charge is 0.344 e. The highest BCUT2D eigenvalue weighted by atomic mass is 16.5. The molecule has 1 atom stereocenters. The average Bonchev–Trinajstić information content (AvgIpc) is 2.90. The number of carbonyl (C=O) groups is 3. The minimum atomic E-state index is -1.68. The quantitative estimate of drug-likeness (QED) is 0.678. The molecule has 7 nitrogen and oxygen atoms in total. The van der Waals surface area contributed by atoms with Gasteiger partial charge in [-0.2, -0.15) is 0 Å². The van der Waals surface area contributed by atoms with Gasteiger partial charge in [-0.25, -0.2) is 4.79 Å². The highest BCUT2D eigenvalue weighted by molar-refractivity contribution is 6.20. The standard InChI is InChI=1S/C23H19NO6/c1-11(25)17-12(2)29-21(27)19-20(17)30-16-10-6-9-15(26)18(16)23(19)13-7-4-5-8-14(13)24(3)22(23)28/h4-5,7-8H,6,9-10H2,1-3H3/t23-/m1/s1. The van der Waals surface area contributed by atoms with Crippen molar-refractivity contribution < 1.29 is 23.5 Å². The van der Waals surface area contributed by atoms with Gasteiger partial charge in [-0.1, -0.05) is 18.2 Å². The maximum Gasteiger partial charge on any atom is 0.344 e. The molecule has 5 rings (SSSR count). The summed E-state index contributed by atoms with van der Waals surface area (Å²) in [6, 6.07) is 7.06. The van der Waals surface area contributed by atoms with E-state index in [1.807, 2.05) is 0 Å². The van der Waals surface area contributed by atoms with Gasteiger partial charge < -0.3 is 14.1 Å². The van der Waals surface area contributed by atoms with Gasteiger partial charge in [-0.15, -0.1) is 0 Å². The second-order valence-electron chi connectivity index (χ2n) is 7.89. The lowest BCUT2D eigenvalue weighted by atomic mass is 9.65. The summed E-state index contributed by atoms with van der Waals surface area (Å²) in [4.78, 5) is 54.1. The van der Waals surface area contributed by atoms with Crippen LogP contribution in [0.4, 0.5) is 5.69 Å². The molecule has 2 aliphatic heterocycles. The number of rotatable bonds is 1. The summed E-state index contributed by atoms with van der Waals surface area (Å²) in [7, 11) is 1.61. The number of ketones is 2. The Morgan fingerprint density at radius 2 is 1.87 bits per heavy atom. The summed E-state index contributed by atoms with van der Waals surface area (Å²) in [5.41, 5.74) is -1.11. The van der Waals surface area contributed by atoms with Gasteiger partial charge in [0, 0.05) is 31.1 Å². The Morgan fingerprint density at radius 1 is 1.13 bits per heavy atom. The lowest BCUT2D eigenvalue weighted by Gasteiger charge is -2.38. The van der Waals surface area contributed by atoms with Crippen molar-refractivity contribution in [3.05, 3.63) is 68.5 Å². The van der Waals surface area contributed by atoms with Crippen LogP contribution >= 0.6 is 0 Å². The van der Waals surface area contributed by atoms with Crippen molar-refractivity contribution in [2.24, 2.45) is 0 Å². The van der Waals surface area contributed by atoms with Crippen LogP contribution in [0.1, 0.15) is 53.4 Å². The lowest BCUT2D eigenvalue weighted by molar-refractivity contribution is -0.124. The third-order valence-electron chi connectivity index (χ3n) is 6.24. The molecule has 1 spiro atoms. The van der Waals surface area contributed by atoms with Crippen molar-refractivity contribution in [3.63, 3.8) is 0 Å².